The molecule has 1 aliphatic heterocycles. The molecule has 0 spiro atoms. The van der Waals surface area contributed by atoms with Gasteiger partial charge in [-0.15, -0.1) is 0 Å². The van der Waals surface area contributed by atoms with Crippen LogP contribution in [0.25, 0.3) is 0 Å². The largest absolute Gasteiger partial charge is 0.427 e. The van der Waals surface area contributed by atoms with E-state index < -0.39 is 11.2 Å². The van der Waals surface area contributed by atoms with Crippen LogP contribution in [-0.4, -0.2) is 17.6 Å². The van der Waals surface area contributed by atoms with E-state index in [0.29, 0.717) is 6.54 Å². The maximum atomic E-state index is 12.4. The lowest BCUT2D eigenvalue weighted by atomic mass is 10.2. The molecule has 1 aromatic carbocycles. The van der Waals surface area contributed by atoms with Crippen LogP contribution < -0.4 is 0 Å². The summed E-state index contributed by atoms with van der Waals surface area (Å²) < 4.78 is 37.2. The fraction of sp³-hybridized carbons (Fsp3) is 0.231. The van der Waals surface area contributed by atoms with Crippen molar-refractivity contribution >= 4 is 11.6 Å². The highest BCUT2D eigenvalue weighted by molar-refractivity contribution is 6.31. The molecule has 0 atom stereocenters. The number of hydrogen-bond acceptors (Lipinski definition) is 1. The number of nitrogens with zero attached hydrogens (tertiary/aromatic N) is 1. The first kappa shape index (κ1) is 13.0. The first-order chi connectivity index (χ1) is 8.47. The third kappa shape index (κ3) is 3.07. The van der Waals surface area contributed by atoms with Crippen molar-refractivity contribution in [1.29, 1.82) is 0 Å². The molecular formula is C13H11ClF3N. The van der Waals surface area contributed by atoms with E-state index in [1.807, 2.05) is 30.3 Å². The highest BCUT2D eigenvalue weighted by Gasteiger charge is 2.35. The zero-order valence-electron chi connectivity index (χ0n) is 9.41. The van der Waals surface area contributed by atoms with Crippen LogP contribution >= 0.6 is 11.6 Å². The second-order valence-corrected chi connectivity index (χ2v) is 4.42. The molecule has 0 radical (unpaired) electrons. The Hall–Kier alpha value is -1.42. The van der Waals surface area contributed by atoms with Crippen molar-refractivity contribution in [2.75, 3.05) is 6.54 Å². The summed E-state index contributed by atoms with van der Waals surface area (Å²) in [6.07, 6.45) is -1.42. The Morgan fingerprint density at radius 1 is 1.22 bits per heavy atom. The summed E-state index contributed by atoms with van der Waals surface area (Å²) >= 11 is 5.31. The van der Waals surface area contributed by atoms with Gasteiger partial charge in [0.2, 0.25) is 0 Å². The molecule has 96 valence electrons. The van der Waals surface area contributed by atoms with E-state index >= 15 is 0 Å². The van der Waals surface area contributed by atoms with E-state index in [4.69, 9.17) is 11.6 Å². The van der Waals surface area contributed by atoms with E-state index in [2.05, 4.69) is 0 Å². The van der Waals surface area contributed by atoms with Crippen LogP contribution in [0.3, 0.4) is 0 Å². The van der Waals surface area contributed by atoms with Crippen LogP contribution in [0, 0.1) is 0 Å². The van der Waals surface area contributed by atoms with Crippen molar-refractivity contribution < 1.29 is 13.2 Å². The first-order valence-electron chi connectivity index (χ1n) is 5.39. The van der Waals surface area contributed by atoms with Crippen molar-refractivity contribution in [3.63, 3.8) is 0 Å². The van der Waals surface area contributed by atoms with Gasteiger partial charge < -0.3 is 4.90 Å². The van der Waals surface area contributed by atoms with Gasteiger partial charge in [0, 0.05) is 19.3 Å². The number of alkyl halides is 3. The van der Waals surface area contributed by atoms with Crippen molar-refractivity contribution in [3.05, 3.63) is 58.8 Å². The van der Waals surface area contributed by atoms with E-state index in [9.17, 15) is 13.2 Å². The van der Waals surface area contributed by atoms with Crippen LogP contribution in [0.5, 0.6) is 0 Å². The lowest BCUT2D eigenvalue weighted by Gasteiger charge is -2.16. The zero-order chi connectivity index (χ0) is 13.2. The third-order valence-corrected chi connectivity index (χ3v) is 3.08. The molecule has 1 aliphatic rings. The van der Waals surface area contributed by atoms with Gasteiger partial charge in [0.1, 0.15) is 5.03 Å². The molecule has 0 amide bonds. The second-order valence-electron chi connectivity index (χ2n) is 4.04. The first-order valence-corrected chi connectivity index (χ1v) is 5.76. The Balaban J connectivity index is 2.05. The fourth-order valence-electron chi connectivity index (χ4n) is 1.77. The second kappa shape index (κ2) is 5.06. The van der Waals surface area contributed by atoms with E-state index in [1.165, 1.54) is 6.08 Å². The molecule has 0 unspecified atom stereocenters. The SMILES string of the molecule is FC(F)(F)C(Cl)=C1C=CN(Cc2ccccc2)C1. The lowest BCUT2D eigenvalue weighted by molar-refractivity contribution is -0.0851. The molecular weight excluding hydrogens is 263 g/mol. The molecule has 1 aromatic rings. The van der Waals surface area contributed by atoms with Gasteiger partial charge in [-0.3, -0.25) is 0 Å². The predicted octanol–water partition coefficient (Wildman–Crippen LogP) is 4.07. The molecule has 0 saturated heterocycles. The number of hydrogen-bond donors (Lipinski definition) is 0. The van der Waals surface area contributed by atoms with Gasteiger partial charge in [-0.1, -0.05) is 41.9 Å². The van der Waals surface area contributed by atoms with Crippen LogP contribution in [0.4, 0.5) is 13.2 Å². The summed E-state index contributed by atoms with van der Waals surface area (Å²) in [5.41, 5.74) is 1.16. The van der Waals surface area contributed by atoms with Crippen molar-refractivity contribution in [3.8, 4) is 0 Å². The Bertz CT molecular complexity index is 477. The van der Waals surface area contributed by atoms with Gasteiger partial charge >= 0.3 is 6.18 Å². The lowest BCUT2D eigenvalue weighted by Crippen LogP contribution is -2.17. The fourth-order valence-corrected chi connectivity index (χ4v) is 1.89. The summed E-state index contributed by atoms with van der Waals surface area (Å²) in [6, 6.07) is 9.56. The minimum Gasteiger partial charge on any atom is -0.369 e. The molecule has 0 fully saturated rings. The van der Waals surface area contributed by atoms with Gasteiger partial charge in [0.05, 0.1) is 0 Å². The Morgan fingerprint density at radius 3 is 2.50 bits per heavy atom. The average Bonchev–Trinajstić information content (AvgIpc) is 2.76. The van der Waals surface area contributed by atoms with Crippen LogP contribution in [0.2, 0.25) is 0 Å². The summed E-state index contributed by atoms with van der Waals surface area (Å²) in [5, 5.41) is -1.03. The Labute approximate surface area is 108 Å². The maximum Gasteiger partial charge on any atom is 0.427 e. The highest BCUT2D eigenvalue weighted by Crippen LogP contribution is 2.33. The molecule has 0 bridgehead atoms. The summed E-state index contributed by atoms with van der Waals surface area (Å²) in [7, 11) is 0. The molecule has 0 aromatic heterocycles. The molecule has 1 nitrogen and oxygen atoms in total. The molecule has 0 N–H and O–H groups in total. The highest BCUT2D eigenvalue weighted by atomic mass is 35.5. The van der Waals surface area contributed by atoms with Crippen LogP contribution in [0.15, 0.2) is 53.2 Å². The topological polar surface area (TPSA) is 3.24 Å². The number of allylic oxidation sites excluding steroid dienone is 1. The van der Waals surface area contributed by atoms with Gasteiger partial charge in [-0.05, 0) is 17.2 Å². The molecule has 18 heavy (non-hydrogen) atoms. The number of rotatable bonds is 2. The molecule has 5 heteroatoms. The van der Waals surface area contributed by atoms with E-state index in [1.54, 1.807) is 11.1 Å². The van der Waals surface area contributed by atoms with Crippen molar-refractivity contribution in [1.82, 2.24) is 4.90 Å². The van der Waals surface area contributed by atoms with Crippen LogP contribution in [0.1, 0.15) is 5.56 Å². The summed E-state index contributed by atoms with van der Waals surface area (Å²) in [6.45, 7) is 0.760. The molecule has 2 rings (SSSR count). The van der Waals surface area contributed by atoms with Crippen molar-refractivity contribution in [2.45, 2.75) is 12.7 Å². The third-order valence-electron chi connectivity index (χ3n) is 2.62. The zero-order valence-corrected chi connectivity index (χ0v) is 10.2. The minimum atomic E-state index is -4.47. The molecule has 0 aliphatic carbocycles. The van der Waals surface area contributed by atoms with Gasteiger partial charge in [-0.25, -0.2) is 0 Å². The predicted molar refractivity (Wildman–Crippen MR) is 64.9 cm³/mol. The summed E-state index contributed by atoms with van der Waals surface area (Å²) in [5.74, 6) is 0. The van der Waals surface area contributed by atoms with E-state index in [-0.39, 0.29) is 12.1 Å². The Morgan fingerprint density at radius 2 is 1.89 bits per heavy atom. The molecule has 0 saturated carbocycles. The monoisotopic (exact) mass is 273 g/mol. The summed E-state index contributed by atoms with van der Waals surface area (Å²) in [4.78, 5) is 1.79. The maximum absolute atomic E-state index is 12.4. The Kier molecular flexibility index (Phi) is 3.66. The standard InChI is InChI=1S/C13H11ClF3N/c14-12(13(15,16)17)11-6-7-18(9-11)8-10-4-2-1-3-5-10/h1-7H,8-9H2. The van der Waals surface area contributed by atoms with Gasteiger partial charge in [-0.2, -0.15) is 13.2 Å². The van der Waals surface area contributed by atoms with Crippen molar-refractivity contribution in [2.24, 2.45) is 0 Å². The minimum absolute atomic E-state index is 0.111. The smallest absolute Gasteiger partial charge is 0.369 e. The quantitative estimate of drug-likeness (QED) is 0.785. The molecule has 1 heterocycles. The van der Waals surface area contributed by atoms with Gasteiger partial charge in [0.15, 0.2) is 0 Å². The van der Waals surface area contributed by atoms with Gasteiger partial charge in [0.25, 0.3) is 0 Å². The number of benzene rings is 1. The number of halogens is 4. The normalized spacial score (nSPS) is 18.3. The van der Waals surface area contributed by atoms with E-state index in [0.717, 1.165) is 5.56 Å². The average molecular weight is 274 g/mol. The van der Waals surface area contributed by atoms with Crippen LogP contribution in [-0.2, 0) is 6.54 Å².